The number of aliphatic imine (C=N–C) groups is 1. The van der Waals surface area contributed by atoms with Gasteiger partial charge in [-0.1, -0.05) is 66.8 Å². The van der Waals surface area contributed by atoms with Crippen LogP contribution in [0.2, 0.25) is 5.79 Å². The zero-order valence-corrected chi connectivity index (χ0v) is 17.6. The first-order chi connectivity index (χ1) is 13.1. The molecule has 0 aromatic heterocycles. The Morgan fingerprint density at radius 3 is 2.59 bits per heavy atom. The lowest BCUT2D eigenvalue weighted by Gasteiger charge is -2.13. The highest BCUT2D eigenvalue weighted by Crippen LogP contribution is 2.17. The van der Waals surface area contributed by atoms with Gasteiger partial charge in [-0.25, -0.2) is 0 Å². The largest absolute Gasteiger partial charge is 0.476 e. The molecule has 0 aliphatic heterocycles. The molecule has 0 fully saturated rings. The molecule has 0 saturated carbocycles. The third-order valence-electron chi connectivity index (χ3n) is 4.68. The molecule has 1 N–H and O–H groups in total. The summed E-state index contributed by atoms with van der Waals surface area (Å²) in [5.74, 6) is 2.36. The van der Waals surface area contributed by atoms with Crippen LogP contribution in [0.4, 0.5) is 11.4 Å². The molecule has 3 rings (SSSR count). The third-order valence-corrected chi connectivity index (χ3v) is 6.56. The zero-order valence-electron chi connectivity index (χ0n) is 16.4. The van der Waals surface area contributed by atoms with Crippen LogP contribution >= 0.6 is 0 Å². The maximum atomic E-state index is 4.72. The van der Waals surface area contributed by atoms with E-state index in [0.29, 0.717) is 0 Å². The van der Waals surface area contributed by atoms with Gasteiger partial charge in [0.15, 0.2) is 0 Å². The Balaban J connectivity index is 1.72. The number of nitrogens with zero attached hydrogens (tertiary/aromatic N) is 1. The second kappa shape index (κ2) is 9.56. The van der Waals surface area contributed by atoms with Crippen molar-refractivity contribution in [3.8, 4) is 0 Å². The van der Waals surface area contributed by atoms with Gasteiger partial charge >= 0.3 is 14.4 Å². The highest BCUT2D eigenvalue weighted by atomic mass is 27.2. The standard InChI is InChI=1S/C16H16N.C7H8N.CH3.Al/c1-3-14-8-6-10-16(11-14)17-12-15-9-5-4-7-13(15)2;1-6-3-2-4-7(8)5-6;;/h4-12H,2-3H2,1H3;2-5,8H,1H3;1H3;/q;-1;;+1. The van der Waals surface area contributed by atoms with Gasteiger partial charge in [0.2, 0.25) is 0 Å². The van der Waals surface area contributed by atoms with Gasteiger partial charge in [-0.15, -0.1) is 0 Å². The van der Waals surface area contributed by atoms with Gasteiger partial charge in [-0.2, -0.15) is 0 Å². The average molecular weight is 370 g/mol. The zero-order chi connectivity index (χ0) is 19.1. The summed E-state index contributed by atoms with van der Waals surface area (Å²) >= 11 is -1.13. The van der Waals surface area contributed by atoms with Crippen LogP contribution in [0.25, 0.3) is 0 Å². The molecule has 0 aliphatic carbocycles. The van der Waals surface area contributed by atoms with Gasteiger partial charge in [0, 0.05) is 11.9 Å². The molecule has 3 aromatic rings. The van der Waals surface area contributed by atoms with E-state index in [-0.39, 0.29) is 0 Å². The molecule has 0 atom stereocenters. The molecule has 0 heterocycles. The molecule has 136 valence electrons. The molecule has 0 aliphatic rings. The molecule has 0 bridgehead atoms. The minimum absolute atomic E-state index is 1.02. The Bertz CT molecular complexity index is 918. The fraction of sp³-hybridized carbons (Fsp3) is 0.208. The number of nitrogens with one attached hydrogen (secondary N) is 1. The lowest BCUT2D eigenvalue weighted by molar-refractivity contribution is 1.14. The summed E-state index contributed by atoms with van der Waals surface area (Å²) in [5.41, 5.74) is 7.45. The summed E-state index contributed by atoms with van der Waals surface area (Å²) in [6.07, 6.45) is 3.05. The number of benzene rings is 3. The van der Waals surface area contributed by atoms with Crippen molar-refractivity contribution in [3.63, 3.8) is 0 Å². The minimum Gasteiger partial charge on any atom is -0.476 e. The Labute approximate surface area is 167 Å². The molecular formula is C24H27AlN2. The predicted molar refractivity (Wildman–Crippen MR) is 120 cm³/mol. The summed E-state index contributed by atoms with van der Waals surface area (Å²) in [6, 6.07) is 25.7. The van der Waals surface area contributed by atoms with Crippen molar-refractivity contribution < 1.29 is 0 Å². The maximum Gasteiger partial charge on any atom is 0.412 e. The molecule has 2 nitrogen and oxygen atoms in total. The fourth-order valence-electron chi connectivity index (χ4n) is 3.25. The van der Waals surface area contributed by atoms with E-state index in [2.05, 4.69) is 96.7 Å². The van der Waals surface area contributed by atoms with Crippen molar-refractivity contribution in [3.05, 3.63) is 95.1 Å². The topological polar surface area (TPSA) is 24.4 Å². The molecule has 0 unspecified atom stereocenters. The number of rotatable bonds is 7. The van der Waals surface area contributed by atoms with Crippen molar-refractivity contribution in [2.45, 2.75) is 31.3 Å². The third kappa shape index (κ3) is 5.82. The lowest BCUT2D eigenvalue weighted by Crippen LogP contribution is -2.24. The minimum atomic E-state index is -1.13. The van der Waals surface area contributed by atoms with Crippen LogP contribution in [0.15, 0.2) is 77.8 Å². The van der Waals surface area contributed by atoms with Crippen molar-refractivity contribution in [2.24, 2.45) is 4.99 Å². The van der Waals surface area contributed by atoms with E-state index in [1.54, 1.807) is 0 Å². The van der Waals surface area contributed by atoms with Crippen molar-refractivity contribution in [2.75, 3.05) is 4.30 Å². The number of anilines is 1. The molecule has 3 heteroatoms. The van der Waals surface area contributed by atoms with Gasteiger partial charge in [-0.05, 0) is 59.6 Å². The molecule has 27 heavy (non-hydrogen) atoms. The Kier molecular flexibility index (Phi) is 6.87. The number of hydrogen-bond donors (Lipinski definition) is 1. The monoisotopic (exact) mass is 370 g/mol. The second-order valence-electron chi connectivity index (χ2n) is 7.10. The van der Waals surface area contributed by atoms with E-state index in [0.717, 1.165) is 17.4 Å². The Hall–Kier alpha value is -2.34. The molecule has 0 spiro atoms. The van der Waals surface area contributed by atoms with Crippen molar-refractivity contribution in [1.82, 2.24) is 0 Å². The van der Waals surface area contributed by atoms with Crippen LogP contribution < -0.4 is 4.30 Å². The van der Waals surface area contributed by atoms with E-state index in [4.69, 9.17) is 4.99 Å². The van der Waals surface area contributed by atoms with Crippen LogP contribution in [0.1, 0.15) is 29.2 Å². The first-order valence-corrected chi connectivity index (χ1v) is 12.2. The summed E-state index contributed by atoms with van der Waals surface area (Å²) in [7, 11) is 0. The molecular weight excluding hydrogens is 343 g/mol. The SMILES string of the molecule is CCc1cccc(N=Cc2ccccc2[CH2][Al]([CH3])[NH]c2cccc(C)c2)c1. The van der Waals surface area contributed by atoms with Crippen LogP contribution in [-0.2, 0) is 11.7 Å². The van der Waals surface area contributed by atoms with Crippen LogP contribution in [0, 0.1) is 6.92 Å². The van der Waals surface area contributed by atoms with E-state index in [1.165, 1.54) is 27.9 Å². The van der Waals surface area contributed by atoms with Gasteiger partial charge in [0.25, 0.3) is 0 Å². The smallest absolute Gasteiger partial charge is 0.412 e. The molecule has 3 aromatic carbocycles. The van der Waals surface area contributed by atoms with Gasteiger partial charge in [0.1, 0.15) is 0 Å². The van der Waals surface area contributed by atoms with Crippen molar-refractivity contribution >= 4 is 32.0 Å². The molecule has 0 amide bonds. The molecule has 0 radical (unpaired) electrons. The second-order valence-corrected chi connectivity index (χ2v) is 9.60. The summed E-state index contributed by atoms with van der Waals surface area (Å²) in [6.45, 7) is 4.31. The summed E-state index contributed by atoms with van der Waals surface area (Å²) in [4.78, 5) is 4.72. The summed E-state index contributed by atoms with van der Waals surface area (Å²) < 4.78 is 3.74. The number of hydrogen-bond acceptors (Lipinski definition) is 2. The Morgan fingerprint density at radius 2 is 1.78 bits per heavy atom. The normalized spacial score (nSPS) is 10.9. The van der Waals surface area contributed by atoms with E-state index < -0.39 is 14.4 Å². The van der Waals surface area contributed by atoms with E-state index in [1.807, 2.05) is 6.21 Å². The van der Waals surface area contributed by atoms with Crippen LogP contribution in [-0.4, -0.2) is 20.6 Å². The lowest BCUT2D eigenvalue weighted by atomic mass is 10.1. The van der Waals surface area contributed by atoms with Gasteiger partial charge < -0.3 is 4.30 Å². The predicted octanol–water partition coefficient (Wildman–Crippen LogP) is 6.12. The van der Waals surface area contributed by atoms with Gasteiger partial charge in [-0.3, -0.25) is 4.99 Å². The fourth-order valence-corrected chi connectivity index (χ4v) is 5.13. The highest BCUT2D eigenvalue weighted by molar-refractivity contribution is 6.60. The van der Waals surface area contributed by atoms with Crippen LogP contribution in [0.3, 0.4) is 0 Å². The number of aryl methyl sites for hydroxylation is 2. The van der Waals surface area contributed by atoms with E-state index in [9.17, 15) is 0 Å². The average Bonchev–Trinajstić information content (AvgIpc) is 2.67. The molecule has 0 saturated heterocycles. The maximum absolute atomic E-state index is 4.72. The van der Waals surface area contributed by atoms with Gasteiger partial charge in [0.05, 0.1) is 5.69 Å². The first-order valence-electron chi connectivity index (χ1n) is 9.68. The first kappa shape index (κ1) is 19.4. The Morgan fingerprint density at radius 1 is 0.963 bits per heavy atom. The highest BCUT2D eigenvalue weighted by Gasteiger charge is 2.14. The summed E-state index contributed by atoms with van der Waals surface area (Å²) in [5, 5.41) is 1.09. The van der Waals surface area contributed by atoms with Crippen LogP contribution in [0.5, 0.6) is 0 Å². The van der Waals surface area contributed by atoms with E-state index >= 15 is 0 Å². The quantitative estimate of drug-likeness (QED) is 0.393. The van der Waals surface area contributed by atoms with Crippen molar-refractivity contribution in [1.29, 1.82) is 0 Å².